The highest BCUT2D eigenvalue weighted by Crippen LogP contribution is 2.28. The van der Waals surface area contributed by atoms with Crippen molar-refractivity contribution in [1.29, 1.82) is 0 Å². The van der Waals surface area contributed by atoms with Crippen molar-refractivity contribution in [2.24, 2.45) is 0 Å². The van der Waals surface area contributed by atoms with Crippen LogP contribution in [0.3, 0.4) is 0 Å². The third-order valence-electron chi connectivity index (χ3n) is 3.83. The Morgan fingerprint density at radius 3 is 2.48 bits per heavy atom. The van der Waals surface area contributed by atoms with Crippen molar-refractivity contribution in [2.45, 2.75) is 13.3 Å². The first-order valence-electron chi connectivity index (χ1n) is 8.21. The summed E-state index contributed by atoms with van der Waals surface area (Å²) in [5.74, 6) is 1.31. The molecule has 0 atom stereocenters. The van der Waals surface area contributed by atoms with E-state index in [4.69, 9.17) is 15.2 Å². The van der Waals surface area contributed by atoms with Gasteiger partial charge in [0.05, 0.1) is 25.6 Å². The molecule has 4 N–H and O–H groups in total. The molecule has 0 aliphatic heterocycles. The first-order chi connectivity index (χ1) is 12.1. The Morgan fingerprint density at radius 1 is 1.08 bits per heavy atom. The van der Waals surface area contributed by atoms with E-state index < -0.39 is 0 Å². The molecule has 25 heavy (non-hydrogen) atoms. The van der Waals surface area contributed by atoms with Crippen molar-refractivity contribution in [1.82, 2.24) is 5.32 Å². The molecule has 6 heteroatoms. The molecule has 0 heterocycles. The van der Waals surface area contributed by atoms with Crippen molar-refractivity contribution in [3.63, 3.8) is 0 Å². The van der Waals surface area contributed by atoms with E-state index in [1.807, 2.05) is 31.2 Å². The number of hydrogen-bond acceptors (Lipinski definition) is 5. The molecule has 2 rings (SSSR count). The van der Waals surface area contributed by atoms with E-state index in [9.17, 15) is 4.79 Å². The molecule has 0 saturated carbocycles. The maximum atomic E-state index is 11.8. The molecule has 0 aromatic heterocycles. The van der Waals surface area contributed by atoms with E-state index >= 15 is 0 Å². The van der Waals surface area contributed by atoms with Gasteiger partial charge in [0.2, 0.25) is 0 Å². The molecule has 134 valence electrons. The molecule has 0 aliphatic carbocycles. The monoisotopic (exact) mass is 343 g/mol. The summed E-state index contributed by atoms with van der Waals surface area (Å²) < 4.78 is 10.6. The van der Waals surface area contributed by atoms with Crippen LogP contribution in [0.5, 0.6) is 11.5 Å². The normalized spacial score (nSPS) is 10.2. The van der Waals surface area contributed by atoms with Gasteiger partial charge in [0.1, 0.15) is 0 Å². The van der Waals surface area contributed by atoms with Gasteiger partial charge in [0.25, 0.3) is 5.91 Å². The first kappa shape index (κ1) is 18.4. The fourth-order valence-corrected chi connectivity index (χ4v) is 2.51. The summed E-state index contributed by atoms with van der Waals surface area (Å²) in [7, 11) is 3.24. The Morgan fingerprint density at radius 2 is 1.84 bits per heavy atom. The number of carbonyl (C=O) groups is 1. The summed E-state index contributed by atoms with van der Waals surface area (Å²) in [6.45, 7) is 3.18. The number of ether oxygens (including phenoxy) is 2. The van der Waals surface area contributed by atoms with E-state index in [2.05, 4.69) is 10.6 Å². The minimum Gasteiger partial charge on any atom is -0.493 e. The molecule has 0 unspecified atom stereocenters. The Hall–Kier alpha value is -2.89. The number of rotatable bonds is 8. The smallest absolute Gasteiger partial charge is 0.251 e. The highest BCUT2D eigenvalue weighted by atomic mass is 16.5. The Labute approximate surface area is 148 Å². The Balaban J connectivity index is 1.96. The minimum absolute atomic E-state index is 0.119. The summed E-state index contributed by atoms with van der Waals surface area (Å²) in [5.41, 5.74) is 9.09. The summed E-state index contributed by atoms with van der Waals surface area (Å²) in [6.07, 6.45) is 0.803. The lowest BCUT2D eigenvalue weighted by Crippen LogP contribution is -2.22. The molecule has 0 saturated heterocycles. The van der Waals surface area contributed by atoms with Crippen molar-refractivity contribution in [3.8, 4) is 11.5 Å². The number of anilines is 2. The van der Waals surface area contributed by atoms with Gasteiger partial charge >= 0.3 is 0 Å². The number of carbonyl (C=O) groups excluding carboxylic acids is 1. The number of nitrogens with two attached hydrogens (primary N) is 1. The van der Waals surface area contributed by atoms with E-state index in [-0.39, 0.29) is 5.91 Å². The summed E-state index contributed by atoms with van der Waals surface area (Å²) >= 11 is 0. The average molecular weight is 343 g/mol. The standard InChI is InChI=1S/C19H25N3O3/c1-4-21-19(23)14-6-7-16(15(20)12-14)22-10-9-13-5-8-17(24-2)18(11-13)25-3/h5-8,11-12,22H,4,9-10,20H2,1-3H3,(H,21,23). The van der Waals surface area contributed by atoms with E-state index in [0.717, 1.165) is 17.7 Å². The molecule has 0 fully saturated rings. The van der Waals surface area contributed by atoms with Crippen LogP contribution in [0.4, 0.5) is 11.4 Å². The van der Waals surface area contributed by atoms with Crippen molar-refractivity contribution in [2.75, 3.05) is 38.4 Å². The average Bonchev–Trinajstić information content (AvgIpc) is 2.63. The van der Waals surface area contributed by atoms with Crippen LogP contribution in [0.2, 0.25) is 0 Å². The molecule has 2 aromatic carbocycles. The fourth-order valence-electron chi connectivity index (χ4n) is 2.51. The zero-order valence-electron chi connectivity index (χ0n) is 14.9. The number of methoxy groups -OCH3 is 2. The minimum atomic E-state index is -0.119. The highest BCUT2D eigenvalue weighted by Gasteiger charge is 2.08. The van der Waals surface area contributed by atoms with E-state index in [1.165, 1.54) is 0 Å². The van der Waals surface area contributed by atoms with Gasteiger partial charge in [0, 0.05) is 18.7 Å². The quantitative estimate of drug-likeness (QED) is 0.642. The van der Waals surface area contributed by atoms with Crippen molar-refractivity contribution in [3.05, 3.63) is 47.5 Å². The fraction of sp³-hybridized carbons (Fsp3) is 0.316. The largest absolute Gasteiger partial charge is 0.493 e. The molecule has 0 radical (unpaired) electrons. The molecule has 0 spiro atoms. The molecule has 0 aliphatic rings. The van der Waals surface area contributed by atoms with Gasteiger partial charge in [-0.3, -0.25) is 4.79 Å². The van der Waals surface area contributed by atoms with Crippen LogP contribution in [-0.2, 0) is 6.42 Å². The molecular weight excluding hydrogens is 318 g/mol. The lowest BCUT2D eigenvalue weighted by Gasteiger charge is -2.12. The van der Waals surface area contributed by atoms with Crippen LogP contribution in [0.25, 0.3) is 0 Å². The zero-order valence-corrected chi connectivity index (χ0v) is 14.9. The number of hydrogen-bond donors (Lipinski definition) is 3. The third-order valence-corrected chi connectivity index (χ3v) is 3.83. The van der Waals surface area contributed by atoms with Crippen LogP contribution in [-0.4, -0.2) is 33.2 Å². The van der Waals surface area contributed by atoms with Crippen LogP contribution < -0.4 is 25.8 Å². The summed E-state index contributed by atoms with van der Waals surface area (Å²) in [6, 6.07) is 11.1. The lowest BCUT2D eigenvalue weighted by atomic mass is 10.1. The number of benzene rings is 2. The topological polar surface area (TPSA) is 85.6 Å². The molecule has 2 aromatic rings. The van der Waals surface area contributed by atoms with Gasteiger partial charge < -0.3 is 25.8 Å². The van der Waals surface area contributed by atoms with Crippen LogP contribution in [0.1, 0.15) is 22.8 Å². The summed E-state index contributed by atoms with van der Waals surface area (Å²) in [4.78, 5) is 11.8. The van der Waals surface area contributed by atoms with Crippen molar-refractivity contribution >= 4 is 17.3 Å². The Bertz CT molecular complexity index is 732. The SMILES string of the molecule is CCNC(=O)c1ccc(NCCc2ccc(OC)c(OC)c2)c(N)c1. The second-order valence-corrected chi connectivity index (χ2v) is 5.53. The van der Waals surface area contributed by atoms with Crippen LogP contribution in [0, 0.1) is 0 Å². The lowest BCUT2D eigenvalue weighted by molar-refractivity contribution is 0.0956. The van der Waals surface area contributed by atoms with Gasteiger partial charge in [-0.15, -0.1) is 0 Å². The third kappa shape index (κ3) is 4.79. The molecule has 6 nitrogen and oxygen atoms in total. The van der Waals surface area contributed by atoms with Gasteiger partial charge in [0.15, 0.2) is 11.5 Å². The van der Waals surface area contributed by atoms with E-state index in [0.29, 0.717) is 35.8 Å². The Kier molecular flexibility index (Phi) is 6.51. The van der Waals surface area contributed by atoms with Crippen LogP contribution >= 0.6 is 0 Å². The molecule has 0 bridgehead atoms. The number of nitrogens with one attached hydrogen (secondary N) is 2. The number of amides is 1. The van der Waals surface area contributed by atoms with Gasteiger partial charge in [-0.25, -0.2) is 0 Å². The zero-order chi connectivity index (χ0) is 18.2. The second kappa shape index (κ2) is 8.82. The van der Waals surface area contributed by atoms with Crippen LogP contribution in [0.15, 0.2) is 36.4 Å². The maximum Gasteiger partial charge on any atom is 0.251 e. The first-order valence-corrected chi connectivity index (χ1v) is 8.21. The van der Waals surface area contributed by atoms with Gasteiger partial charge in [-0.1, -0.05) is 6.07 Å². The second-order valence-electron chi connectivity index (χ2n) is 5.53. The number of nitrogen functional groups attached to an aromatic ring is 1. The highest BCUT2D eigenvalue weighted by molar-refractivity contribution is 5.96. The maximum absolute atomic E-state index is 11.8. The molecular formula is C19H25N3O3. The molecule has 1 amide bonds. The predicted molar refractivity (Wildman–Crippen MR) is 101 cm³/mol. The van der Waals surface area contributed by atoms with E-state index in [1.54, 1.807) is 26.4 Å². The summed E-state index contributed by atoms with van der Waals surface area (Å²) in [5, 5.41) is 6.05. The predicted octanol–water partition coefficient (Wildman–Crippen LogP) is 2.69. The van der Waals surface area contributed by atoms with Crippen molar-refractivity contribution < 1.29 is 14.3 Å². The van der Waals surface area contributed by atoms with Gasteiger partial charge in [-0.05, 0) is 49.2 Å². The van der Waals surface area contributed by atoms with Gasteiger partial charge in [-0.2, -0.15) is 0 Å².